The van der Waals surface area contributed by atoms with Crippen molar-refractivity contribution in [1.82, 2.24) is 5.32 Å². The Labute approximate surface area is 214 Å². The van der Waals surface area contributed by atoms with Crippen LogP contribution in [0.15, 0.2) is 0 Å². The number of hydrogen-bond acceptors (Lipinski definition) is 10. The second kappa shape index (κ2) is 14.2. The van der Waals surface area contributed by atoms with Gasteiger partial charge in [0.05, 0.1) is 6.23 Å². The third kappa shape index (κ3) is 14.6. The molecule has 0 rings (SSSR count). The first-order chi connectivity index (χ1) is 15.3. The highest BCUT2D eigenvalue weighted by Gasteiger charge is 2.55. The molecule has 16 heteroatoms. The second-order valence-electron chi connectivity index (χ2n) is 10.8. The molecule has 4 N–H and O–H groups in total. The molecule has 0 aliphatic rings. The molecule has 0 aromatic rings. The minimum absolute atomic E-state index is 0.0152. The Morgan fingerprint density at radius 1 is 0.647 bits per heavy atom. The van der Waals surface area contributed by atoms with E-state index in [1.54, 1.807) is 14.2 Å². The number of nitrogens with one attached hydrogen (secondary N) is 1. The van der Waals surface area contributed by atoms with Gasteiger partial charge in [0, 0.05) is 33.4 Å². The van der Waals surface area contributed by atoms with E-state index in [1.165, 1.54) is 0 Å². The Hall–Kier alpha value is 0.901. The van der Waals surface area contributed by atoms with Gasteiger partial charge in [0.25, 0.3) is 0 Å². The van der Waals surface area contributed by atoms with Gasteiger partial charge in [-0.1, -0.05) is 0 Å². The van der Waals surface area contributed by atoms with Crippen LogP contribution in [0, 0.1) is 0 Å². The lowest BCUT2D eigenvalue weighted by molar-refractivity contribution is 0.172. The standard InChI is InChI=1S/C18H52N2O8Si6/c1-22-30(5,6)25-33(11,12)28-34(26-31(7,8)23-2,17-13-15-20-16-14-19)27-32(9,10)24-29(3,4)18-21/h20-21H,13-19H2,1-12H3. The maximum Gasteiger partial charge on any atom is 0.474 e. The molecule has 10 nitrogen and oxygen atoms in total. The third-order valence-electron chi connectivity index (χ3n) is 4.74. The van der Waals surface area contributed by atoms with Crippen molar-refractivity contribution in [3.05, 3.63) is 0 Å². The third-order valence-corrected chi connectivity index (χ3v) is 26.2. The molecule has 206 valence electrons. The SMILES string of the molecule is CO[Si](C)(C)O[Si](C)(C)O[Si](CCCNCCN)(O[Si](C)(C)OC)O[Si](C)(C)O[Si](C)(C)CO. The van der Waals surface area contributed by atoms with Crippen LogP contribution in [-0.4, -0.2) is 96.6 Å². The first kappa shape index (κ1) is 34.9. The first-order valence-electron chi connectivity index (χ1n) is 11.9. The van der Waals surface area contributed by atoms with Gasteiger partial charge in [-0.25, -0.2) is 0 Å². The fourth-order valence-electron chi connectivity index (χ4n) is 3.41. The zero-order valence-corrected chi connectivity index (χ0v) is 29.6. The Morgan fingerprint density at radius 2 is 1.09 bits per heavy atom. The number of rotatable bonds is 19. The minimum Gasteiger partial charge on any atom is -0.435 e. The van der Waals surface area contributed by atoms with Gasteiger partial charge in [0.15, 0.2) is 0 Å². The van der Waals surface area contributed by atoms with E-state index in [2.05, 4.69) is 5.32 Å². The predicted octanol–water partition coefficient (Wildman–Crippen LogP) is 2.78. The molecule has 0 saturated carbocycles. The van der Waals surface area contributed by atoms with E-state index in [0.717, 1.165) is 19.5 Å². The van der Waals surface area contributed by atoms with Gasteiger partial charge in [0.1, 0.15) is 0 Å². The summed E-state index contributed by atoms with van der Waals surface area (Å²) in [5, 5.41) is 13.2. The Morgan fingerprint density at radius 3 is 1.53 bits per heavy atom. The van der Waals surface area contributed by atoms with Gasteiger partial charge >= 0.3 is 43.0 Å². The lowest BCUT2D eigenvalue weighted by atomic mass is 10.5. The van der Waals surface area contributed by atoms with E-state index in [0.29, 0.717) is 12.6 Å². The van der Waals surface area contributed by atoms with Crippen molar-refractivity contribution in [2.75, 3.05) is 40.1 Å². The molecular weight excluding hydrogens is 541 g/mol. The Kier molecular flexibility index (Phi) is 14.5. The van der Waals surface area contributed by atoms with Gasteiger partial charge in [-0.2, -0.15) is 0 Å². The zero-order chi connectivity index (χ0) is 26.9. The molecule has 0 aliphatic carbocycles. The summed E-state index contributed by atoms with van der Waals surface area (Å²) < 4.78 is 44.8. The van der Waals surface area contributed by atoms with Crippen molar-refractivity contribution < 1.29 is 34.5 Å². The average molecular weight is 593 g/mol. The summed E-state index contributed by atoms with van der Waals surface area (Å²) in [4.78, 5) is 0. The maximum absolute atomic E-state index is 9.84. The van der Waals surface area contributed by atoms with Crippen LogP contribution in [0.25, 0.3) is 0 Å². The molecule has 0 aromatic heterocycles. The monoisotopic (exact) mass is 592 g/mol. The van der Waals surface area contributed by atoms with Crippen LogP contribution < -0.4 is 11.1 Å². The van der Waals surface area contributed by atoms with Gasteiger partial charge in [-0.3, -0.25) is 0 Å². The quantitative estimate of drug-likeness (QED) is 0.152. The van der Waals surface area contributed by atoms with Crippen molar-refractivity contribution in [2.24, 2.45) is 5.73 Å². The summed E-state index contributed by atoms with van der Waals surface area (Å²) in [6, 6.07) is 0.583. The topological polar surface area (TPSA) is 123 Å². The summed E-state index contributed by atoms with van der Waals surface area (Å²) in [5.74, 6) is 0. The van der Waals surface area contributed by atoms with Crippen LogP contribution in [-0.2, 0) is 29.4 Å². The maximum atomic E-state index is 9.84. The summed E-state index contributed by atoms with van der Waals surface area (Å²) >= 11 is 0. The lowest BCUT2D eigenvalue weighted by Crippen LogP contribution is -2.65. The van der Waals surface area contributed by atoms with Crippen LogP contribution >= 0.6 is 0 Å². The fraction of sp³-hybridized carbons (Fsp3) is 1.00. The van der Waals surface area contributed by atoms with Crippen molar-refractivity contribution in [3.63, 3.8) is 0 Å². The van der Waals surface area contributed by atoms with E-state index in [1.807, 2.05) is 65.5 Å². The first-order valence-corrected chi connectivity index (χ1v) is 28.2. The number of hydrogen-bond donors (Lipinski definition) is 3. The van der Waals surface area contributed by atoms with E-state index in [4.69, 9.17) is 35.2 Å². The highest BCUT2D eigenvalue weighted by molar-refractivity contribution is 6.91. The van der Waals surface area contributed by atoms with Gasteiger partial charge in [-0.15, -0.1) is 0 Å². The van der Waals surface area contributed by atoms with E-state index in [-0.39, 0.29) is 6.23 Å². The molecule has 0 radical (unpaired) electrons. The molecule has 0 aliphatic heterocycles. The van der Waals surface area contributed by atoms with E-state index < -0.39 is 51.4 Å². The smallest absolute Gasteiger partial charge is 0.435 e. The highest BCUT2D eigenvalue weighted by Crippen LogP contribution is 2.32. The zero-order valence-electron chi connectivity index (χ0n) is 23.6. The summed E-state index contributed by atoms with van der Waals surface area (Å²) in [6.45, 7) is 22.0. The summed E-state index contributed by atoms with van der Waals surface area (Å²) in [7, 11) is -12.8. The molecule has 0 fully saturated rings. The van der Waals surface area contributed by atoms with Crippen molar-refractivity contribution >= 4 is 51.4 Å². The molecular formula is C18H52N2O8Si6. The van der Waals surface area contributed by atoms with E-state index in [9.17, 15) is 5.11 Å². The summed E-state index contributed by atoms with van der Waals surface area (Å²) in [6.07, 6.45) is 0.794. The van der Waals surface area contributed by atoms with Crippen LogP contribution in [0.4, 0.5) is 0 Å². The van der Waals surface area contributed by atoms with E-state index >= 15 is 0 Å². The number of aliphatic hydroxyl groups is 1. The average Bonchev–Trinajstić information content (AvgIpc) is 2.64. The lowest BCUT2D eigenvalue weighted by Gasteiger charge is -2.45. The van der Waals surface area contributed by atoms with Crippen LogP contribution in [0.5, 0.6) is 0 Å². The molecule has 34 heavy (non-hydrogen) atoms. The molecule has 0 spiro atoms. The molecule has 1 atom stereocenters. The van der Waals surface area contributed by atoms with Crippen molar-refractivity contribution in [3.8, 4) is 0 Å². The molecule has 0 heterocycles. The minimum atomic E-state index is -3.36. The van der Waals surface area contributed by atoms with Gasteiger partial charge < -0.3 is 45.6 Å². The van der Waals surface area contributed by atoms with Crippen LogP contribution in [0.3, 0.4) is 0 Å². The molecule has 1 unspecified atom stereocenters. The van der Waals surface area contributed by atoms with Crippen molar-refractivity contribution in [2.45, 2.75) is 77.9 Å². The molecule has 0 amide bonds. The number of aliphatic hydroxyl groups excluding tert-OH is 1. The summed E-state index contributed by atoms with van der Waals surface area (Å²) in [5.41, 5.74) is 5.62. The van der Waals surface area contributed by atoms with Crippen LogP contribution in [0.2, 0.25) is 71.5 Å². The largest absolute Gasteiger partial charge is 0.474 e. The van der Waals surface area contributed by atoms with Gasteiger partial charge in [0.2, 0.25) is 8.32 Å². The Balaban J connectivity index is 6.23. The Bertz CT molecular complexity index is 567. The normalized spacial score (nSPS) is 16.1. The van der Waals surface area contributed by atoms with Crippen molar-refractivity contribution in [1.29, 1.82) is 0 Å². The predicted molar refractivity (Wildman–Crippen MR) is 151 cm³/mol. The molecule has 0 aromatic carbocycles. The van der Waals surface area contributed by atoms with Crippen LogP contribution in [0.1, 0.15) is 6.42 Å². The number of nitrogens with two attached hydrogens (primary N) is 1. The molecule has 0 bridgehead atoms. The second-order valence-corrected chi connectivity index (χ2v) is 32.6. The highest BCUT2D eigenvalue weighted by atomic mass is 28.5. The fourth-order valence-corrected chi connectivity index (χ4v) is 27.9. The molecule has 0 saturated heterocycles. The van der Waals surface area contributed by atoms with Gasteiger partial charge in [-0.05, 0) is 78.4 Å².